The van der Waals surface area contributed by atoms with Gasteiger partial charge in [0.25, 0.3) is 0 Å². The molecule has 0 radical (unpaired) electrons. The molecule has 0 aliphatic carbocycles. The second-order valence-corrected chi connectivity index (χ2v) is 5.79. The van der Waals surface area contributed by atoms with Crippen molar-refractivity contribution in [1.82, 2.24) is 14.9 Å². The Labute approximate surface area is 120 Å². The first kappa shape index (κ1) is 14.5. The van der Waals surface area contributed by atoms with Crippen LogP contribution in [0.5, 0.6) is 0 Å². The van der Waals surface area contributed by atoms with Crippen LogP contribution in [0.25, 0.3) is 0 Å². The minimum atomic E-state index is 0.456. The molecule has 1 fully saturated rings. The quantitative estimate of drug-likeness (QED) is 0.798. The van der Waals surface area contributed by atoms with Gasteiger partial charge in [0.2, 0.25) is 0 Å². The van der Waals surface area contributed by atoms with Crippen molar-refractivity contribution >= 4 is 17.4 Å². The zero-order valence-electron chi connectivity index (χ0n) is 12.3. The van der Waals surface area contributed by atoms with Crippen LogP contribution in [0.2, 0.25) is 5.15 Å². The highest BCUT2D eigenvalue weighted by Gasteiger charge is 2.25. The van der Waals surface area contributed by atoms with Crippen LogP contribution in [0.3, 0.4) is 0 Å². The van der Waals surface area contributed by atoms with Gasteiger partial charge in [-0.05, 0) is 27.3 Å². The fourth-order valence-corrected chi connectivity index (χ4v) is 2.77. The Morgan fingerprint density at radius 2 is 2.05 bits per heavy atom. The Hall–Kier alpha value is -0.870. The van der Waals surface area contributed by atoms with Gasteiger partial charge in [0.1, 0.15) is 16.8 Å². The minimum Gasteiger partial charge on any atom is -0.351 e. The van der Waals surface area contributed by atoms with Gasteiger partial charge in [-0.2, -0.15) is 0 Å². The van der Waals surface area contributed by atoms with Crippen molar-refractivity contribution in [1.29, 1.82) is 0 Å². The van der Waals surface area contributed by atoms with Crippen molar-refractivity contribution in [2.45, 2.75) is 39.7 Å². The van der Waals surface area contributed by atoms with Crippen LogP contribution < -0.4 is 4.90 Å². The second kappa shape index (κ2) is 6.06. The molecule has 1 aromatic heterocycles. The molecule has 1 atom stereocenters. The summed E-state index contributed by atoms with van der Waals surface area (Å²) in [6, 6.07) is 0.456. The van der Waals surface area contributed by atoms with E-state index >= 15 is 0 Å². The van der Waals surface area contributed by atoms with Gasteiger partial charge < -0.3 is 9.80 Å². The lowest BCUT2D eigenvalue weighted by Gasteiger charge is -2.39. The summed E-state index contributed by atoms with van der Waals surface area (Å²) in [5.41, 5.74) is 0.998. The standard InChI is InChI=1S/C14H23ClN4/c1-5-6-12-16-13(15)11(3)14(17-12)19-8-7-18(4)9-10(19)2/h10H,5-9H2,1-4H3. The number of anilines is 1. The average Bonchev–Trinajstić information content (AvgIpc) is 2.34. The molecule has 106 valence electrons. The number of hydrogen-bond acceptors (Lipinski definition) is 4. The minimum absolute atomic E-state index is 0.456. The van der Waals surface area contributed by atoms with Gasteiger partial charge in [-0.15, -0.1) is 0 Å². The Morgan fingerprint density at radius 3 is 2.68 bits per heavy atom. The fourth-order valence-electron chi connectivity index (χ4n) is 2.59. The van der Waals surface area contributed by atoms with Crippen molar-refractivity contribution in [3.8, 4) is 0 Å². The summed E-state index contributed by atoms with van der Waals surface area (Å²) >= 11 is 6.26. The number of nitrogens with zero attached hydrogens (tertiary/aromatic N) is 4. The molecule has 4 nitrogen and oxygen atoms in total. The van der Waals surface area contributed by atoms with E-state index in [-0.39, 0.29) is 0 Å². The maximum atomic E-state index is 6.26. The number of aromatic nitrogens is 2. The van der Waals surface area contributed by atoms with Gasteiger partial charge in [-0.1, -0.05) is 18.5 Å². The summed E-state index contributed by atoms with van der Waals surface area (Å²) in [7, 11) is 2.16. The largest absolute Gasteiger partial charge is 0.351 e. The Kier molecular flexibility index (Phi) is 4.63. The summed E-state index contributed by atoms with van der Waals surface area (Å²) in [4.78, 5) is 13.8. The summed E-state index contributed by atoms with van der Waals surface area (Å²) < 4.78 is 0. The fraction of sp³-hybridized carbons (Fsp3) is 0.714. The van der Waals surface area contributed by atoms with Crippen molar-refractivity contribution in [2.24, 2.45) is 0 Å². The van der Waals surface area contributed by atoms with E-state index in [1.807, 2.05) is 6.92 Å². The average molecular weight is 283 g/mol. The summed E-state index contributed by atoms with van der Waals surface area (Å²) in [5.74, 6) is 1.88. The first-order chi connectivity index (χ1) is 9.02. The van der Waals surface area contributed by atoms with Crippen molar-refractivity contribution in [2.75, 3.05) is 31.6 Å². The molecule has 2 heterocycles. The van der Waals surface area contributed by atoms with Gasteiger partial charge in [-0.3, -0.25) is 0 Å². The lowest BCUT2D eigenvalue weighted by Crippen LogP contribution is -2.51. The molecule has 1 unspecified atom stereocenters. The van der Waals surface area contributed by atoms with E-state index in [1.165, 1.54) is 0 Å². The molecule has 0 bridgehead atoms. The molecular formula is C14H23ClN4. The smallest absolute Gasteiger partial charge is 0.137 e. The van der Waals surface area contributed by atoms with Crippen LogP contribution in [0.4, 0.5) is 5.82 Å². The maximum absolute atomic E-state index is 6.26. The van der Waals surface area contributed by atoms with Crippen LogP contribution in [-0.2, 0) is 6.42 Å². The van der Waals surface area contributed by atoms with Crippen molar-refractivity contribution in [3.63, 3.8) is 0 Å². The highest BCUT2D eigenvalue weighted by molar-refractivity contribution is 6.30. The molecule has 0 amide bonds. The molecule has 0 N–H and O–H groups in total. The van der Waals surface area contributed by atoms with E-state index in [4.69, 9.17) is 16.6 Å². The van der Waals surface area contributed by atoms with E-state index in [0.29, 0.717) is 11.2 Å². The van der Waals surface area contributed by atoms with Gasteiger partial charge in [0.15, 0.2) is 0 Å². The van der Waals surface area contributed by atoms with Gasteiger partial charge in [0, 0.05) is 37.7 Å². The third kappa shape index (κ3) is 3.18. The second-order valence-electron chi connectivity index (χ2n) is 5.43. The highest BCUT2D eigenvalue weighted by atomic mass is 35.5. The number of likely N-dealkylation sites (N-methyl/N-ethyl adjacent to an activating group) is 1. The van der Waals surface area contributed by atoms with E-state index in [1.54, 1.807) is 0 Å². The van der Waals surface area contributed by atoms with Crippen LogP contribution in [0.15, 0.2) is 0 Å². The third-order valence-corrected chi connectivity index (χ3v) is 4.05. The first-order valence-corrected chi connectivity index (χ1v) is 7.39. The molecule has 2 rings (SSSR count). The lowest BCUT2D eigenvalue weighted by molar-refractivity contribution is 0.274. The molecular weight excluding hydrogens is 260 g/mol. The highest BCUT2D eigenvalue weighted by Crippen LogP contribution is 2.26. The monoisotopic (exact) mass is 282 g/mol. The molecule has 0 aromatic carbocycles. The summed E-state index contributed by atoms with van der Waals surface area (Å²) in [6.07, 6.45) is 1.92. The van der Waals surface area contributed by atoms with Crippen molar-refractivity contribution in [3.05, 3.63) is 16.5 Å². The van der Waals surface area contributed by atoms with Crippen LogP contribution in [0.1, 0.15) is 31.7 Å². The zero-order valence-corrected chi connectivity index (χ0v) is 13.0. The van der Waals surface area contributed by atoms with Crippen LogP contribution in [-0.4, -0.2) is 47.6 Å². The van der Waals surface area contributed by atoms with E-state index in [0.717, 1.165) is 49.7 Å². The maximum Gasteiger partial charge on any atom is 0.137 e. The van der Waals surface area contributed by atoms with E-state index in [9.17, 15) is 0 Å². The van der Waals surface area contributed by atoms with Gasteiger partial charge >= 0.3 is 0 Å². The molecule has 1 aromatic rings. The normalized spacial score (nSPS) is 20.9. The molecule has 0 saturated carbocycles. The molecule has 1 aliphatic rings. The molecule has 1 aliphatic heterocycles. The number of rotatable bonds is 3. The molecule has 1 saturated heterocycles. The van der Waals surface area contributed by atoms with E-state index < -0.39 is 0 Å². The summed E-state index contributed by atoms with van der Waals surface area (Å²) in [6.45, 7) is 9.51. The Bertz CT molecular complexity index is 449. The van der Waals surface area contributed by atoms with E-state index in [2.05, 4.69) is 35.7 Å². The SMILES string of the molecule is CCCc1nc(Cl)c(C)c(N2CCN(C)CC2C)n1. The van der Waals surface area contributed by atoms with Crippen LogP contribution >= 0.6 is 11.6 Å². The molecule has 0 spiro atoms. The summed E-state index contributed by atoms with van der Waals surface area (Å²) in [5, 5.41) is 0.597. The predicted molar refractivity (Wildman–Crippen MR) is 80.1 cm³/mol. The lowest BCUT2D eigenvalue weighted by atomic mass is 10.1. The zero-order chi connectivity index (χ0) is 14.0. The third-order valence-electron chi connectivity index (χ3n) is 3.68. The predicted octanol–water partition coefficient (Wildman–Crippen LogP) is 2.53. The molecule has 19 heavy (non-hydrogen) atoms. The number of hydrogen-bond donors (Lipinski definition) is 0. The topological polar surface area (TPSA) is 32.3 Å². The van der Waals surface area contributed by atoms with Gasteiger partial charge in [-0.25, -0.2) is 9.97 Å². The number of aryl methyl sites for hydroxylation is 1. The Morgan fingerprint density at radius 1 is 1.32 bits per heavy atom. The van der Waals surface area contributed by atoms with Crippen LogP contribution in [0, 0.1) is 6.92 Å². The first-order valence-electron chi connectivity index (χ1n) is 7.01. The number of halogens is 1. The molecule has 5 heteroatoms. The van der Waals surface area contributed by atoms with Crippen molar-refractivity contribution < 1.29 is 0 Å². The number of piperazine rings is 1. The Balaban J connectivity index is 2.32. The van der Waals surface area contributed by atoms with Gasteiger partial charge in [0.05, 0.1) is 0 Å².